The van der Waals surface area contributed by atoms with E-state index in [9.17, 15) is 9.59 Å². The van der Waals surface area contributed by atoms with Gasteiger partial charge in [0.15, 0.2) is 0 Å². The van der Waals surface area contributed by atoms with E-state index >= 15 is 0 Å². The average Bonchev–Trinajstić information content (AvgIpc) is 2.93. The zero-order valence-corrected chi connectivity index (χ0v) is 13.7. The molecule has 1 spiro atoms. The van der Waals surface area contributed by atoms with E-state index in [2.05, 4.69) is 15.5 Å². The number of likely N-dealkylation sites (tertiary alicyclic amines) is 1. The van der Waals surface area contributed by atoms with E-state index in [4.69, 9.17) is 0 Å². The van der Waals surface area contributed by atoms with Gasteiger partial charge in [0, 0.05) is 13.1 Å². The Morgan fingerprint density at radius 1 is 1.30 bits per heavy atom. The number of carbonyl (C=O) groups is 2. The molecule has 23 heavy (non-hydrogen) atoms. The third-order valence-electron chi connectivity index (χ3n) is 5.17. The molecule has 124 valence electrons. The molecule has 1 aromatic carbocycles. The SMILES string of the molecule is Cc1ccccc1CNC(=O)CN1CCCC12CCCNC2=O. The van der Waals surface area contributed by atoms with Crippen molar-refractivity contribution in [1.29, 1.82) is 0 Å². The summed E-state index contributed by atoms with van der Waals surface area (Å²) < 4.78 is 0. The van der Waals surface area contributed by atoms with E-state index in [-0.39, 0.29) is 11.8 Å². The molecule has 5 heteroatoms. The van der Waals surface area contributed by atoms with Gasteiger partial charge in [-0.25, -0.2) is 0 Å². The molecule has 2 aliphatic heterocycles. The monoisotopic (exact) mass is 315 g/mol. The number of aryl methyl sites for hydroxylation is 1. The van der Waals surface area contributed by atoms with Gasteiger partial charge >= 0.3 is 0 Å². The van der Waals surface area contributed by atoms with Gasteiger partial charge in [0.05, 0.1) is 6.54 Å². The zero-order valence-electron chi connectivity index (χ0n) is 13.7. The average molecular weight is 315 g/mol. The van der Waals surface area contributed by atoms with Crippen LogP contribution in [0, 0.1) is 6.92 Å². The van der Waals surface area contributed by atoms with E-state index in [1.165, 1.54) is 5.56 Å². The Morgan fingerprint density at radius 3 is 2.87 bits per heavy atom. The summed E-state index contributed by atoms with van der Waals surface area (Å²) in [6, 6.07) is 8.05. The Balaban J connectivity index is 1.59. The summed E-state index contributed by atoms with van der Waals surface area (Å²) >= 11 is 0. The van der Waals surface area contributed by atoms with Crippen LogP contribution in [0.3, 0.4) is 0 Å². The lowest BCUT2D eigenvalue weighted by Gasteiger charge is -2.39. The first kappa shape index (κ1) is 16.0. The topological polar surface area (TPSA) is 61.4 Å². The van der Waals surface area contributed by atoms with Crippen LogP contribution in [-0.4, -0.2) is 41.9 Å². The first-order valence-electron chi connectivity index (χ1n) is 8.46. The molecule has 2 fully saturated rings. The van der Waals surface area contributed by atoms with E-state index in [1.807, 2.05) is 31.2 Å². The molecule has 1 atom stereocenters. The molecule has 0 radical (unpaired) electrons. The smallest absolute Gasteiger partial charge is 0.240 e. The highest BCUT2D eigenvalue weighted by Gasteiger charge is 2.48. The molecule has 3 rings (SSSR count). The minimum absolute atomic E-state index is 0.00657. The standard InChI is InChI=1S/C18H25N3O2/c1-14-6-2-3-7-15(14)12-20-16(22)13-21-11-5-9-18(21)8-4-10-19-17(18)23/h2-3,6-7H,4-5,8-13H2,1H3,(H,19,23)(H,20,22). The van der Waals surface area contributed by atoms with Gasteiger partial charge in [-0.2, -0.15) is 0 Å². The second kappa shape index (κ2) is 6.71. The highest BCUT2D eigenvalue weighted by Crippen LogP contribution is 2.35. The molecule has 2 aliphatic rings. The third-order valence-corrected chi connectivity index (χ3v) is 5.17. The Hall–Kier alpha value is -1.88. The number of benzene rings is 1. The van der Waals surface area contributed by atoms with Gasteiger partial charge in [-0.1, -0.05) is 24.3 Å². The number of amides is 2. The predicted octanol–water partition coefficient (Wildman–Crippen LogP) is 1.36. The van der Waals surface area contributed by atoms with Crippen LogP contribution in [0.2, 0.25) is 0 Å². The molecule has 0 aliphatic carbocycles. The second-order valence-electron chi connectivity index (χ2n) is 6.62. The summed E-state index contributed by atoms with van der Waals surface area (Å²) in [5.41, 5.74) is 1.86. The van der Waals surface area contributed by atoms with E-state index in [0.29, 0.717) is 13.1 Å². The quantitative estimate of drug-likeness (QED) is 0.882. The minimum Gasteiger partial charge on any atom is -0.354 e. The van der Waals surface area contributed by atoms with Crippen LogP contribution in [0.25, 0.3) is 0 Å². The lowest BCUT2D eigenvalue weighted by molar-refractivity contribution is -0.136. The van der Waals surface area contributed by atoms with Crippen LogP contribution in [0.15, 0.2) is 24.3 Å². The summed E-state index contributed by atoms with van der Waals surface area (Å²) in [5.74, 6) is 0.0980. The fraction of sp³-hybridized carbons (Fsp3) is 0.556. The van der Waals surface area contributed by atoms with Crippen molar-refractivity contribution in [3.8, 4) is 0 Å². The Kier molecular flexibility index (Phi) is 4.66. The molecule has 0 bridgehead atoms. The summed E-state index contributed by atoms with van der Waals surface area (Å²) in [7, 11) is 0. The number of carbonyl (C=O) groups excluding carboxylic acids is 2. The normalized spacial score (nSPS) is 24.7. The number of piperidine rings is 1. The van der Waals surface area contributed by atoms with Crippen molar-refractivity contribution < 1.29 is 9.59 Å². The summed E-state index contributed by atoms with van der Waals surface area (Å²) in [5, 5.41) is 5.96. The molecule has 1 unspecified atom stereocenters. The maximum atomic E-state index is 12.3. The van der Waals surface area contributed by atoms with Crippen molar-refractivity contribution in [3.63, 3.8) is 0 Å². The molecular weight excluding hydrogens is 290 g/mol. The molecule has 2 heterocycles. The minimum atomic E-state index is -0.446. The van der Waals surface area contributed by atoms with Crippen LogP contribution in [0.5, 0.6) is 0 Å². The number of nitrogens with zero attached hydrogens (tertiary/aromatic N) is 1. The maximum absolute atomic E-state index is 12.3. The van der Waals surface area contributed by atoms with Crippen LogP contribution in [-0.2, 0) is 16.1 Å². The van der Waals surface area contributed by atoms with Crippen molar-refractivity contribution in [2.24, 2.45) is 0 Å². The number of nitrogens with one attached hydrogen (secondary N) is 2. The van der Waals surface area contributed by atoms with Gasteiger partial charge in [0.1, 0.15) is 5.54 Å². The lowest BCUT2D eigenvalue weighted by atomic mass is 9.86. The van der Waals surface area contributed by atoms with Gasteiger partial charge in [-0.05, 0) is 50.3 Å². The molecule has 5 nitrogen and oxygen atoms in total. The van der Waals surface area contributed by atoms with Gasteiger partial charge in [0.25, 0.3) is 0 Å². The van der Waals surface area contributed by atoms with Crippen LogP contribution >= 0.6 is 0 Å². The van der Waals surface area contributed by atoms with Crippen molar-refractivity contribution in [2.75, 3.05) is 19.6 Å². The molecular formula is C18H25N3O2. The lowest BCUT2D eigenvalue weighted by Crippen LogP contribution is -2.60. The Morgan fingerprint density at radius 2 is 2.09 bits per heavy atom. The molecule has 2 amide bonds. The number of hydrogen-bond acceptors (Lipinski definition) is 3. The highest BCUT2D eigenvalue weighted by molar-refractivity contribution is 5.88. The van der Waals surface area contributed by atoms with Gasteiger partial charge < -0.3 is 10.6 Å². The number of rotatable bonds is 4. The predicted molar refractivity (Wildman–Crippen MR) is 88.8 cm³/mol. The molecule has 1 aromatic rings. The van der Waals surface area contributed by atoms with Gasteiger partial charge in [-0.3, -0.25) is 14.5 Å². The maximum Gasteiger partial charge on any atom is 0.240 e. The molecule has 2 saturated heterocycles. The van der Waals surface area contributed by atoms with Crippen molar-refractivity contribution >= 4 is 11.8 Å². The second-order valence-corrected chi connectivity index (χ2v) is 6.62. The summed E-state index contributed by atoms with van der Waals surface area (Å²) in [4.78, 5) is 26.8. The van der Waals surface area contributed by atoms with E-state index in [1.54, 1.807) is 0 Å². The van der Waals surface area contributed by atoms with Gasteiger partial charge in [0.2, 0.25) is 11.8 Å². The fourth-order valence-electron chi connectivity index (χ4n) is 3.80. The molecule has 0 aromatic heterocycles. The Labute approximate surface area is 137 Å². The molecule has 2 N–H and O–H groups in total. The molecule has 0 saturated carbocycles. The third kappa shape index (κ3) is 3.24. The van der Waals surface area contributed by atoms with Crippen molar-refractivity contribution in [2.45, 2.75) is 44.7 Å². The van der Waals surface area contributed by atoms with Crippen molar-refractivity contribution in [3.05, 3.63) is 35.4 Å². The van der Waals surface area contributed by atoms with Crippen LogP contribution in [0.4, 0.5) is 0 Å². The zero-order chi connectivity index (χ0) is 16.3. The van der Waals surface area contributed by atoms with E-state index in [0.717, 1.165) is 44.3 Å². The van der Waals surface area contributed by atoms with Crippen LogP contribution < -0.4 is 10.6 Å². The first-order valence-corrected chi connectivity index (χ1v) is 8.46. The van der Waals surface area contributed by atoms with Crippen LogP contribution in [0.1, 0.15) is 36.8 Å². The highest BCUT2D eigenvalue weighted by atomic mass is 16.2. The van der Waals surface area contributed by atoms with Gasteiger partial charge in [-0.15, -0.1) is 0 Å². The Bertz CT molecular complexity index is 602. The van der Waals surface area contributed by atoms with Crippen molar-refractivity contribution in [1.82, 2.24) is 15.5 Å². The largest absolute Gasteiger partial charge is 0.354 e. The summed E-state index contributed by atoms with van der Waals surface area (Å²) in [6.07, 6.45) is 3.71. The first-order chi connectivity index (χ1) is 11.1. The van der Waals surface area contributed by atoms with E-state index < -0.39 is 5.54 Å². The number of hydrogen-bond donors (Lipinski definition) is 2. The fourth-order valence-corrected chi connectivity index (χ4v) is 3.80. The summed E-state index contributed by atoms with van der Waals surface area (Å²) in [6.45, 7) is 4.47.